The zero-order valence-electron chi connectivity index (χ0n) is 15.2. The number of aromatic nitrogens is 4. The summed E-state index contributed by atoms with van der Waals surface area (Å²) in [6.07, 6.45) is 4.88. The van der Waals surface area contributed by atoms with Gasteiger partial charge in [-0.15, -0.1) is 5.10 Å². The van der Waals surface area contributed by atoms with Crippen LogP contribution in [0, 0.1) is 12.7 Å². The van der Waals surface area contributed by atoms with Crippen LogP contribution in [0.3, 0.4) is 0 Å². The Labute approximate surface area is 165 Å². The van der Waals surface area contributed by atoms with E-state index in [-0.39, 0.29) is 23.5 Å². The number of carbonyl (C=O) groups excluding carboxylic acids is 1. The number of benzene rings is 1. The highest BCUT2D eigenvalue weighted by molar-refractivity contribution is 7.07. The Morgan fingerprint density at radius 2 is 2.18 bits per heavy atom. The maximum atomic E-state index is 13.8. The lowest BCUT2D eigenvalue weighted by atomic mass is 9.95. The minimum Gasteiger partial charge on any atom is -0.434 e. The summed E-state index contributed by atoms with van der Waals surface area (Å²) >= 11 is 1.12. The van der Waals surface area contributed by atoms with E-state index >= 15 is 0 Å². The van der Waals surface area contributed by atoms with Gasteiger partial charge in [0.2, 0.25) is 5.88 Å². The first-order valence-corrected chi connectivity index (χ1v) is 9.71. The summed E-state index contributed by atoms with van der Waals surface area (Å²) in [5.41, 5.74) is 1.38. The van der Waals surface area contributed by atoms with E-state index < -0.39 is 5.82 Å². The fraction of sp³-hybridized carbons (Fsp3) is 0.316. The molecule has 1 atom stereocenters. The number of amides is 1. The fourth-order valence-electron chi connectivity index (χ4n) is 3.22. The number of nitrogens with zero attached hydrogens (tertiary/aromatic N) is 5. The molecule has 1 amide bonds. The third-order valence-electron chi connectivity index (χ3n) is 4.65. The molecule has 3 aromatic rings. The molecule has 1 saturated heterocycles. The maximum Gasteiger partial charge on any atom is 0.267 e. The van der Waals surface area contributed by atoms with Gasteiger partial charge in [-0.3, -0.25) is 9.78 Å². The molecule has 144 valence electrons. The smallest absolute Gasteiger partial charge is 0.267 e. The average molecular weight is 399 g/mol. The molecule has 4 rings (SSSR count). The highest BCUT2D eigenvalue weighted by Crippen LogP contribution is 2.29. The summed E-state index contributed by atoms with van der Waals surface area (Å²) in [6, 6.07) is 6.15. The van der Waals surface area contributed by atoms with Crippen LogP contribution in [0.4, 0.5) is 4.39 Å². The molecule has 1 unspecified atom stereocenters. The Bertz CT molecular complexity index is 996. The molecular weight excluding hydrogens is 381 g/mol. The molecule has 0 spiro atoms. The predicted molar refractivity (Wildman–Crippen MR) is 101 cm³/mol. The van der Waals surface area contributed by atoms with Crippen molar-refractivity contribution in [3.05, 3.63) is 58.7 Å². The summed E-state index contributed by atoms with van der Waals surface area (Å²) in [4.78, 5) is 23.8. The maximum absolute atomic E-state index is 13.8. The van der Waals surface area contributed by atoms with E-state index in [0.29, 0.717) is 23.7 Å². The molecule has 1 fully saturated rings. The highest BCUT2D eigenvalue weighted by atomic mass is 32.1. The molecule has 0 radical (unpaired) electrons. The first-order valence-electron chi connectivity index (χ1n) is 8.94. The standard InChI is InChI=1S/C19H18FN5O2S/c1-12-18(28-24-23-12)19(26)25-8-4-5-13(11-25)15-9-21-10-17(22-15)27-16-7-3-2-6-14(16)20/h2-3,6-7,9-10,13H,4-5,8,11H2,1H3. The number of ether oxygens (including phenoxy) is 1. The van der Waals surface area contributed by atoms with E-state index in [1.165, 1.54) is 18.3 Å². The van der Waals surface area contributed by atoms with Gasteiger partial charge in [0.05, 0.1) is 17.6 Å². The van der Waals surface area contributed by atoms with Crippen LogP contribution >= 0.6 is 11.5 Å². The molecule has 1 aliphatic heterocycles. The largest absolute Gasteiger partial charge is 0.434 e. The molecule has 3 heterocycles. The number of likely N-dealkylation sites (tertiary alicyclic amines) is 1. The zero-order valence-corrected chi connectivity index (χ0v) is 16.0. The van der Waals surface area contributed by atoms with Gasteiger partial charge in [0.1, 0.15) is 4.88 Å². The normalized spacial score (nSPS) is 16.8. The van der Waals surface area contributed by atoms with Crippen molar-refractivity contribution >= 4 is 17.4 Å². The third-order valence-corrected chi connectivity index (χ3v) is 5.47. The predicted octanol–water partition coefficient (Wildman–Crippen LogP) is 3.59. The minimum atomic E-state index is -0.460. The van der Waals surface area contributed by atoms with Crippen LogP contribution < -0.4 is 4.74 Å². The molecule has 9 heteroatoms. The quantitative estimate of drug-likeness (QED) is 0.667. The molecule has 0 bridgehead atoms. The second-order valence-corrected chi connectivity index (χ2v) is 7.35. The average Bonchev–Trinajstić information content (AvgIpc) is 3.15. The number of halogens is 1. The molecule has 7 nitrogen and oxygen atoms in total. The summed E-state index contributed by atoms with van der Waals surface area (Å²) in [6.45, 7) is 3.01. The molecule has 0 N–H and O–H groups in total. The summed E-state index contributed by atoms with van der Waals surface area (Å²) in [5.74, 6) is -0.145. The van der Waals surface area contributed by atoms with E-state index in [1.54, 1.807) is 25.3 Å². The van der Waals surface area contributed by atoms with Crippen molar-refractivity contribution in [2.24, 2.45) is 0 Å². The molecule has 28 heavy (non-hydrogen) atoms. The topological polar surface area (TPSA) is 81.1 Å². The molecule has 2 aromatic heterocycles. The highest BCUT2D eigenvalue weighted by Gasteiger charge is 2.28. The van der Waals surface area contributed by atoms with E-state index in [2.05, 4.69) is 19.6 Å². The Morgan fingerprint density at radius 3 is 2.96 bits per heavy atom. The Balaban J connectivity index is 1.50. The van der Waals surface area contributed by atoms with Crippen molar-refractivity contribution in [3.8, 4) is 11.6 Å². The first-order chi connectivity index (χ1) is 13.6. The number of rotatable bonds is 4. The molecule has 0 aliphatic carbocycles. The monoisotopic (exact) mass is 399 g/mol. The fourth-order valence-corrected chi connectivity index (χ4v) is 3.85. The molecule has 1 aromatic carbocycles. The van der Waals surface area contributed by atoms with Crippen LogP contribution in [0.25, 0.3) is 0 Å². The molecular formula is C19H18FN5O2S. The Morgan fingerprint density at radius 1 is 1.32 bits per heavy atom. The van der Waals surface area contributed by atoms with Gasteiger partial charge in [0.15, 0.2) is 11.6 Å². The van der Waals surface area contributed by atoms with Crippen LogP contribution in [-0.4, -0.2) is 43.5 Å². The van der Waals surface area contributed by atoms with Crippen molar-refractivity contribution in [1.29, 1.82) is 0 Å². The Kier molecular flexibility index (Phi) is 5.25. The number of piperidine rings is 1. The van der Waals surface area contributed by atoms with Gasteiger partial charge in [-0.2, -0.15) is 0 Å². The first kappa shape index (κ1) is 18.4. The van der Waals surface area contributed by atoms with Crippen LogP contribution in [0.15, 0.2) is 36.7 Å². The number of aryl methyl sites for hydroxylation is 1. The number of carbonyl (C=O) groups is 1. The molecule has 1 aliphatic rings. The minimum absolute atomic E-state index is 0.0376. The Hall–Kier alpha value is -2.94. The third kappa shape index (κ3) is 3.84. The summed E-state index contributed by atoms with van der Waals surface area (Å²) in [5, 5.41) is 3.92. The van der Waals surface area contributed by atoms with Crippen LogP contribution in [-0.2, 0) is 0 Å². The van der Waals surface area contributed by atoms with Gasteiger partial charge in [-0.25, -0.2) is 9.37 Å². The van der Waals surface area contributed by atoms with Crippen LogP contribution in [0.2, 0.25) is 0 Å². The summed E-state index contributed by atoms with van der Waals surface area (Å²) < 4.78 is 23.2. The lowest BCUT2D eigenvalue weighted by Gasteiger charge is -2.32. The number of hydrogen-bond donors (Lipinski definition) is 0. The van der Waals surface area contributed by atoms with Gasteiger partial charge in [0, 0.05) is 25.2 Å². The van der Waals surface area contributed by atoms with Gasteiger partial charge >= 0.3 is 0 Å². The van der Waals surface area contributed by atoms with Crippen molar-refractivity contribution in [3.63, 3.8) is 0 Å². The lowest BCUT2D eigenvalue weighted by molar-refractivity contribution is 0.0709. The SMILES string of the molecule is Cc1nnsc1C(=O)N1CCCC(c2cncc(Oc3ccccc3F)n2)C1. The van der Waals surface area contributed by atoms with Crippen LogP contribution in [0.1, 0.15) is 39.8 Å². The van der Waals surface area contributed by atoms with Crippen molar-refractivity contribution in [2.75, 3.05) is 13.1 Å². The zero-order chi connectivity index (χ0) is 19.5. The van der Waals surface area contributed by atoms with E-state index in [4.69, 9.17) is 4.74 Å². The van der Waals surface area contributed by atoms with Gasteiger partial charge in [-0.1, -0.05) is 16.6 Å². The lowest BCUT2D eigenvalue weighted by Crippen LogP contribution is -2.39. The van der Waals surface area contributed by atoms with Gasteiger partial charge in [0.25, 0.3) is 5.91 Å². The number of hydrogen-bond acceptors (Lipinski definition) is 7. The van der Waals surface area contributed by atoms with Crippen molar-refractivity contribution < 1.29 is 13.9 Å². The second-order valence-electron chi connectivity index (χ2n) is 6.59. The number of para-hydroxylation sites is 1. The van der Waals surface area contributed by atoms with Crippen molar-refractivity contribution in [1.82, 2.24) is 24.5 Å². The van der Waals surface area contributed by atoms with E-state index in [1.807, 2.05) is 4.90 Å². The molecule has 0 saturated carbocycles. The van der Waals surface area contributed by atoms with Crippen LogP contribution in [0.5, 0.6) is 11.6 Å². The summed E-state index contributed by atoms with van der Waals surface area (Å²) in [7, 11) is 0. The van der Waals surface area contributed by atoms with Gasteiger partial charge < -0.3 is 9.64 Å². The van der Waals surface area contributed by atoms with Crippen molar-refractivity contribution in [2.45, 2.75) is 25.7 Å². The van der Waals surface area contributed by atoms with E-state index in [0.717, 1.165) is 30.1 Å². The second kappa shape index (κ2) is 7.97. The van der Waals surface area contributed by atoms with E-state index in [9.17, 15) is 9.18 Å². The van der Waals surface area contributed by atoms with Gasteiger partial charge in [-0.05, 0) is 43.4 Å².